The van der Waals surface area contributed by atoms with E-state index in [2.05, 4.69) is 5.32 Å². The monoisotopic (exact) mass is 345 g/mol. The Morgan fingerprint density at radius 3 is 2.40 bits per heavy atom. The third-order valence-corrected chi connectivity index (χ3v) is 3.56. The quantitative estimate of drug-likeness (QED) is 0.715. The number of halogens is 1. The lowest BCUT2D eigenvalue weighted by Crippen LogP contribution is -2.31. The van der Waals surface area contributed by atoms with Crippen molar-refractivity contribution in [1.82, 2.24) is 5.32 Å². The predicted molar refractivity (Wildman–Crippen MR) is 86.6 cm³/mol. The molecular weight excluding hydrogens is 329 g/mol. The van der Waals surface area contributed by atoms with Crippen LogP contribution >= 0.6 is 0 Å². The third kappa shape index (κ3) is 5.13. The number of amides is 1. The summed E-state index contributed by atoms with van der Waals surface area (Å²) in [5.74, 6) is -3.40. The van der Waals surface area contributed by atoms with Crippen molar-refractivity contribution in [1.29, 1.82) is 0 Å². The summed E-state index contributed by atoms with van der Waals surface area (Å²) in [6, 6.07) is 10.4. The van der Waals surface area contributed by atoms with Crippen molar-refractivity contribution in [2.75, 3.05) is 0 Å². The molecule has 0 spiro atoms. The van der Waals surface area contributed by atoms with Crippen molar-refractivity contribution in [2.45, 2.75) is 18.9 Å². The van der Waals surface area contributed by atoms with E-state index in [9.17, 15) is 18.8 Å². The van der Waals surface area contributed by atoms with Gasteiger partial charge in [0.05, 0.1) is 24.4 Å². The van der Waals surface area contributed by atoms with Crippen molar-refractivity contribution in [2.24, 2.45) is 0 Å². The molecule has 7 heteroatoms. The van der Waals surface area contributed by atoms with Crippen molar-refractivity contribution < 1.29 is 29.0 Å². The third-order valence-electron chi connectivity index (χ3n) is 3.56. The molecule has 0 aromatic heterocycles. The molecule has 0 aliphatic rings. The minimum Gasteiger partial charge on any atom is -0.481 e. The Balaban J connectivity index is 2.17. The van der Waals surface area contributed by atoms with Gasteiger partial charge in [-0.1, -0.05) is 30.3 Å². The summed E-state index contributed by atoms with van der Waals surface area (Å²) in [5, 5.41) is 20.7. The van der Waals surface area contributed by atoms with E-state index in [1.54, 1.807) is 12.1 Å². The van der Waals surface area contributed by atoms with E-state index in [1.807, 2.05) is 0 Å². The zero-order valence-corrected chi connectivity index (χ0v) is 13.1. The number of benzene rings is 2. The van der Waals surface area contributed by atoms with Gasteiger partial charge in [0.1, 0.15) is 5.82 Å². The highest BCUT2D eigenvalue weighted by Gasteiger charge is 2.20. The summed E-state index contributed by atoms with van der Waals surface area (Å²) in [7, 11) is 0. The van der Waals surface area contributed by atoms with Gasteiger partial charge >= 0.3 is 11.9 Å². The number of aromatic carboxylic acids is 1. The van der Waals surface area contributed by atoms with Gasteiger partial charge < -0.3 is 15.5 Å². The Labute approximate surface area is 142 Å². The van der Waals surface area contributed by atoms with Crippen LogP contribution in [0.15, 0.2) is 48.5 Å². The molecule has 2 aromatic rings. The predicted octanol–water partition coefficient (Wildman–Crippen LogP) is 2.40. The lowest BCUT2D eigenvalue weighted by molar-refractivity contribution is -0.137. The largest absolute Gasteiger partial charge is 0.481 e. The molecule has 3 N–H and O–H groups in total. The van der Waals surface area contributed by atoms with E-state index in [-0.39, 0.29) is 12.0 Å². The SMILES string of the molecule is O=C(O)C[C@H](NC(=O)Cc1ccccc1C(=O)O)c1cccc(F)c1. The van der Waals surface area contributed by atoms with Crippen molar-refractivity contribution >= 4 is 17.8 Å². The fourth-order valence-corrected chi connectivity index (χ4v) is 2.45. The van der Waals surface area contributed by atoms with E-state index >= 15 is 0 Å². The van der Waals surface area contributed by atoms with E-state index < -0.39 is 36.1 Å². The number of hydrogen-bond donors (Lipinski definition) is 3. The van der Waals surface area contributed by atoms with Crippen molar-refractivity contribution in [3.05, 3.63) is 71.0 Å². The molecular formula is C18H16FNO5. The lowest BCUT2D eigenvalue weighted by atomic mass is 10.0. The fourth-order valence-electron chi connectivity index (χ4n) is 2.45. The van der Waals surface area contributed by atoms with Crippen LogP contribution < -0.4 is 5.32 Å². The molecule has 0 aliphatic carbocycles. The molecule has 0 fully saturated rings. The summed E-state index contributed by atoms with van der Waals surface area (Å²) in [6.45, 7) is 0. The number of rotatable bonds is 7. The molecule has 25 heavy (non-hydrogen) atoms. The van der Waals surface area contributed by atoms with Gasteiger partial charge in [0.25, 0.3) is 0 Å². The Morgan fingerprint density at radius 2 is 1.76 bits per heavy atom. The van der Waals surface area contributed by atoms with Gasteiger partial charge in [-0.3, -0.25) is 9.59 Å². The highest BCUT2D eigenvalue weighted by atomic mass is 19.1. The maximum Gasteiger partial charge on any atom is 0.335 e. The molecule has 6 nitrogen and oxygen atoms in total. The second-order valence-electron chi connectivity index (χ2n) is 5.41. The number of carboxylic acids is 2. The van der Waals surface area contributed by atoms with Crippen LogP contribution in [0.3, 0.4) is 0 Å². The first-order valence-electron chi connectivity index (χ1n) is 7.44. The van der Waals surface area contributed by atoms with Crippen LogP contribution in [0, 0.1) is 5.82 Å². The van der Waals surface area contributed by atoms with Gasteiger partial charge in [0.15, 0.2) is 0 Å². The fraction of sp³-hybridized carbons (Fsp3) is 0.167. The number of hydrogen-bond acceptors (Lipinski definition) is 3. The molecule has 0 radical (unpaired) electrons. The summed E-state index contributed by atoms with van der Waals surface area (Å²) in [4.78, 5) is 34.5. The zero-order chi connectivity index (χ0) is 18.4. The zero-order valence-electron chi connectivity index (χ0n) is 13.1. The molecule has 0 heterocycles. The maximum atomic E-state index is 13.4. The number of carbonyl (C=O) groups excluding carboxylic acids is 1. The van der Waals surface area contributed by atoms with Crippen LogP contribution in [0.2, 0.25) is 0 Å². The second kappa shape index (κ2) is 8.05. The van der Waals surface area contributed by atoms with E-state index in [4.69, 9.17) is 10.2 Å². The molecule has 1 atom stereocenters. The van der Waals surface area contributed by atoms with Gasteiger partial charge in [0.2, 0.25) is 5.91 Å². The first-order chi connectivity index (χ1) is 11.9. The standard InChI is InChI=1S/C18H16FNO5/c19-13-6-3-5-12(8-13)15(10-17(22)23)20-16(21)9-11-4-1-2-7-14(11)18(24)25/h1-8,15H,9-10H2,(H,20,21)(H,22,23)(H,24,25)/t15-/m0/s1. The second-order valence-corrected chi connectivity index (χ2v) is 5.41. The summed E-state index contributed by atoms with van der Waals surface area (Å²) in [5.41, 5.74) is 0.626. The lowest BCUT2D eigenvalue weighted by Gasteiger charge is -2.18. The van der Waals surface area contributed by atoms with Crippen LogP contribution in [0.5, 0.6) is 0 Å². The molecule has 1 amide bonds. The van der Waals surface area contributed by atoms with Crippen LogP contribution in [0.25, 0.3) is 0 Å². The Hall–Kier alpha value is -3.22. The van der Waals surface area contributed by atoms with Gasteiger partial charge in [0, 0.05) is 0 Å². The Bertz CT molecular complexity index is 806. The number of aliphatic carboxylic acids is 1. The number of nitrogens with one attached hydrogen (secondary N) is 1. The number of carbonyl (C=O) groups is 3. The van der Waals surface area contributed by atoms with Crippen molar-refractivity contribution in [3.8, 4) is 0 Å². The molecule has 0 saturated heterocycles. The smallest absolute Gasteiger partial charge is 0.335 e. The molecule has 0 unspecified atom stereocenters. The number of carboxylic acid groups (broad SMARTS) is 2. The Morgan fingerprint density at radius 1 is 1.04 bits per heavy atom. The summed E-state index contributed by atoms with van der Waals surface area (Å²) in [6.07, 6.45) is -0.649. The van der Waals surface area contributed by atoms with E-state index in [0.29, 0.717) is 11.1 Å². The topological polar surface area (TPSA) is 104 Å². The molecule has 0 saturated carbocycles. The molecule has 0 aliphatic heterocycles. The van der Waals surface area contributed by atoms with Crippen LogP contribution in [-0.4, -0.2) is 28.1 Å². The average molecular weight is 345 g/mol. The molecule has 2 aromatic carbocycles. The van der Waals surface area contributed by atoms with Gasteiger partial charge in [-0.25, -0.2) is 9.18 Å². The molecule has 130 valence electrons. The minimum absolute atomic E-state index is 0.00168. The summed E-state index contributed by atoms with van der Waals surface area (Å²) < 4.78 is 13.4. The highest BCUT2D eigenvalue weighted by Crippen LogP contribution is 2.19. The first kappa shape index (κ1) is 18.1. The summed E-state index contributed by atoms with van der Waals surface area (Å²) >= 11 is 0. The van der Waals surface area contributed by atoms with Gasteiger partial charge in [-0.05, 0) is 29.3 Å². The first-order valence-corrected chi connectivity index (χ1v) is 7.44. The van der Waals surface area contributed by atoms with E-state index in [1.165, 1.54) is 30.3 Å². The van der Waals surface area contributed by atoms with Crippen LogP contribution in [-0.2, 0) is 16.0 Å². The van der Waals surface area contributed by atoms with Crippen molar-refractivity contribution in [3.63, 3.8) is 0 Å². The van der Waals surface area contributed by atoms with E-state index in [0.717, 1.165) is 6.07 Å². The van der Waals surface area contributed by atoms with Gasteiger partial charge in [-0.15, -0.1) is 0 Å². The van der Waals surface area contributed by atoms with Crippen LogP contribution in [0.1, 0.15) is 33.9 Å². The molecule has 0 bridgehead atoms. The van der Waals surface area contributed by atoms with Gasteiger partial charge in [-0.2, -0.15) is 0 Å². The highest BCUT2D eigenvalue weighted by molar-refractivity contribution is 5.91. The average Bonchev–Trinajstić information content (AvgIpc) is 2.54. The maximum absolute atomic E-state index is 13.4. The Kier molecular flexibility index (Phi) is 5.84. The normalized spacial score (nSPS) is 11.6. The minimum atomic E-state index is -1.16. The van der Waals surface area contributed by atoms with Crippen LogP contribution in [0.4, 0.5) is 4.39 Å². The molecule has 2 rings (SSSR count).